The quantitative estimate of drug-likeness (QED) is 0.282. The summed E-state index contributed by atoms with van der Waals surface area (Å²) in [5, 5.41) is 3.92. The van der Waals surface area contributed by atoms with Gasteiger partial charge in [0.2, 0.25) is 0 Å². The molecule has 136 valence electrons. The zero-order valence-electron chi connectivity index (χ0n) is 14.6. The van der Waals surface area contributed by atoms with E-state index in [2.05, 4.69) is 112 Å². The van der Waals surface area contributed by atoms with E-state index < -0.39 is 5.31 Å². The zero-order chi connectivity index (χ0) is 18.8. The maximum atomic E-state index is 6.58. The molecule has 0 aliphatic carbocycles. The molecule has 0 bridgehead atoms. The van der Waals surface area contributed by atoms with Crippen molar-refractivity contribution >= 4 is 59.6 Å². The van der Waals surface area contributed by atoms with Crippen molar-refractivity contribution in [3.8, 4) is 0 Å². The van der Waals surface area contributed by atoms with E-state index in [9.17, 15) is 0 Å². The molecule has 0 radical (unpaired) electrons. The fourth-order valence-corrected chi connectivity index (χ4v) is 13.6. The Morgan fingerprint density at radius 2 is 1.07 bits per heavy atom. The van der Waals surface area contributed by atoms with E-state index in [1.165, 1.54) is 20.8 Å². The molecule has 0 nitrogen and oxygen atoms in total. The average Bonchev–Trinajstić information content (AvgIpc) is 3.14. The predicted molar refractivity (Wildman–Crippen MR) is 127 cm³/mol. The standard InChI is InChI=1S/C23H19BrClPS/c24-26(19-10-4-1-5-11-19,20-12-6-2-7-13-20,21-14-8-3-9-15-21)18-23-22(25)16-17-27-23/h1-17H,18H2. The molecule has 1 aromatic heterocycles. The van der Waals surface area contributed by atoms with Crippen LogP contribution in [0.1, 0.15) is 4.88 Å². The van der Waals surface area contributed by atoms with Gasteiger partial charge in [0.1, 0.15) is 0 Å². The molecule has 4 rings (SSSR count). The Morgan fingerprint density at radius 1 is 0.667 bits per heavy atom. The molecular formula is C23H19BrClPS. The van der Waals surface area contributed by atoms with E-state index >= 15 is 0 Å². The molecule has 0 unspecified atom stereocenters. The van der Waals surface area contributed by atoms with Crippen LogP contribution in [0.15, 0.2) is 102 Å². The summed E-state index contributed by atoms with van der Waals surface area (Å²) < 4.78 is 0. The predicted octanol–water partition coefficient (Wildman–Crippen LogP) is 6.74. The molecule has 3 aromatic carbocycles. The molecule has 0 fully saturated rings. The fraction of sp³-hybridized carbons (Fsp3) is 0.0435. The van der Waals surface area contributed by atoms with E-state index in [-0.39, 0.29) is 0 Å². The summed E-state index contributed by atoms with van der Waals surface area (Å²) in [5.41, 5.74) is 0. The second kappa shape index (κ2) is 7.53. The Kier molecular flexibility index (Phi) is 5.27. The van der Waals surface area contributed by atoms with Crippen molar-refractivity contribution in [1.82, 2.24) is 0 Å². The summed E-state index contributed by atoms with van der Waals surface area (Å²) >= 11 is 12.8. The average molecular weight is 474 g/mol. The first-order chi connectivity index (χ1) is 13.1. The van der Waals surface area contributed by atoms with Crippen molar-refractivity contribution in [3.05, 3.63) is 112 Å². The van der Waals surface area contributed by atoms with Crippen LogP contribution < -0.4 is 15.9 Å². The second-order valence-corrected chi connectivity index (χ2v) is 16.9. The molecule has 0 atom stereocenters. The molecule has 4 aromatic rings. The van der Waals surface area contributed by atoms with Crippen LogP contribution in [0, 0.1) is 0 Å². The van der Waals surface area contributed by atoms with E-state index in [4.69, 9.17) is 11.6 Å². The van der Waals surface area contributed by atoms with Crippen molar-refractivity contribution in [2.45, 2.75) is 6.16 Å². The van der Waals surface area contributed by atoms with Gasteiger partial charge in [-0.15, -0.1) is 0 Å². The molecule has 0 aliphatic heterocycles. The van der Waals surface area contributed by atoms with Crippen molar-refractivity contribution < 1.29 is 0 Å². The number of thiophene rings is 1. The Balaban J connectivity index is 2.11. The van der Waals surface area contributed by atoms with Crippen LogP contribution in [0.5, 0.6) is 0 Å². The van der Waals surface area contributed by atoms with Gasteiger partial charge < -0.3 is 0 Å². The minimum atomic E-state index is -2.94. The molecular weight excluding hydrogens is 455 g/mol. The molecule has 0 aliphatic rings. The fourth-order valence-electron chi connectivity index (χ4n) is 3.65. The van der Waals surface area contributed by atoms with Gasteiger partial charge in [0.15, 0.2) is 0 Å². The van der Waals surface area contributed by atoms with Crippen molar-refractivity contribution in [1.29, 1.82) is 0 Å². The molecule has 4 heteroatoms. The van der Waals surface area contributed by atoms with Gasteiger partial charge >= 0.3 is 178 Å². The van der Waals surface area contributed by atoms with Crippen LogP contribution in [0.2, 0.25) is 5.02 Å². The Bertz CT molecular complexity index is 932. The van der Waals surface area contributed by atoms with Crippen molar-refractivity contribution in [2.24, 2.45) is 0 Å². The van der Waals surface area contributed by atoms with Crippen LogP contribution in [-0.2, 0) is 6.16 Å². The van der Waals surface area contributed by atoms with Crippen LogP contribution in [0.25, 0.3) is 0 Å². The molecule has 27 heavy (non-hydrogen) atoms. The third kappa shape index (κ3) is 3.19. The summed E-state index contributed by atoms with van der Waals surface area (Å²) in [6.07, 6.45) is 0.847. The summed E-state index contributed by atoms with van der Waals surface area (Å²) in [4.78, 5) is 1.21. The van der Waals surface area contributed by atoms with Gasteiger partial charge in [0.05, 0.1) is 0 Å². The van der Waals surface area contributed by atoms with Gasteiger partial charge in [-0.1, -0.05) is 0 Å². The van der Waals surface area contributed by atoms with Crippen LogP contribution in [0.4, 0.5) is 0 Å². The first-order valence-corrected chi connectivity index (χ1v) is 14.4. The first kappa shape index (κ1) is 18.9. The zero-order valence-corrected chi connectivity index (χ0v) is 18.7. The second-order valence-electron chi connectivity index (χ2n) is 6.54. The Hall–Kier alpha value is -1.44. The number of rotatable bonds is 5. The Labute approximate surface area is 177 Å². The number of hydrogen-bond donors (Lipinski definition) is 0. The van der Waals surface area contributed by atoms with E-state index in [0.29, 0.717) is 0 Å². The van der Waals surface area contributed by atoms with Gasteiger partial charge in [0.25, 0.3) is 0 Å². The summed E-state index contributed by atoms with van der Waals surface area (Å²) in [6.45, 7) is 0. The van der Waals surface area contributed by atoms with Crippen molar-refractivity contribution in [3.63, 3.8) is 0 Å². The third-order valence-electron chi connectivity index (χ3n) is 5.02. The van der Waals surface area contributed by atoms with Gasteiger partial charge in [0, 0.05) is 0 Å². The molecule has 1 heterocycles. The van der Waals surface area contributed by atoms with Gasteiger partial charge in [-0.3, -0.25) is 0 Å². The third-order valence-corrected chi connectivity index (χ3v) is 16.1. The molecule has 0 saturated carbocycles. The van der Waals surface area contributed by atoms with E-state index in [0.717, 1.165) is 11.2 Å². The minimum absolute atomic E-state index is 0.844. The van der Waals surface area contributed by atoms with E-state index in [1.807, 2.05) is 6.07 Å². The van der Waals surface area contributed by atoms with Crippen molar-refractivity contribution in [2.75, 3.05) is 0 Å². The summed E-state index contributed by atoms with van der Waals surface area (Å²) in [5.74, 6) is 0. The number of halogens is 2. The maximum absolute atomic E-state index is 6.58. The summed E-state index contributed by atoms with van der Waals surface area (Å²) in [6, 6.07) is 34.4. The monoisotopic (exact) mass is 472 g/mol. The van der Waals surface area contributed by atoms with E-state index in [1.54, 1.807) is 11.3 Å². The van der Waals surface area contributed by atoms with Crippen LogP contribution >= 0.6 is 43.7 Å². The van der Waals surface area contributed by atoms with Gasteiger partial charge in [-0.2, -0.15) is 0 Å². The molecule has 0 amide bonds. The Morgan fingerprint density at radius 3 is 1.41 bits per heavy atom. The van der Waals surface area contributed by atoms with Gasteiger partial charge in [-0.05, 0) is 0 Å². The first-order valence-electron chi connectivity index (χ1n) is 8.74. The SMILES string of the molecule is Clc1ccsc1CP(Br)(c1ccccc1)(c1ccccc1)c1ccccc1. The van der Waals surface area contributed by atoms with Gasteiger partial charge in [-0.25, -0.2) is 0 Å². The molecule has 0 N–H and O–H groups in total. The van der Waals surface area contributed by atoms with Crippen LogP contribution in [0.3, 0.4) is 0 Å². The summed E-state index contributed by atoms with van der Waals surface area (Å²) in [7, 11) is 0. The number of benzene rings is 3. The molecule has 0 spiro atoms. The topological polar surface area (TPSA) is 0 Å². The molecule has 0 saturated heterocycles. The number of hydrogen-bond acceptors (Lipinski definition) is 1. The van der Waals surface area contributed by atoms with Crippen LogP contribution in [-0.4, -0.2) is 0 Å². The normalized spacial score (nSPS) is 13.0.